The van der Waals surface area contributed by atoms with Gasteiger partial charge >= 0.3 is 0 Å². The van der Waals surface area contributed by atoms with Gasteiger partial charge in [0.1, 0.15) is 0 Å². The van der Waals surface area contributed by atoms with Crippen molar-refractivity contribution in [2.45, 2.75) is 19.3 Å². The van der Waals surface area contributed by atoms with Crippen LogP contribution < -0.4 is 15.6 Å². The van der Waals surface area contributed by atoms with Crippen LogP contribution >= 0.6 is 0 Å². The van der Waals surface area contributed by atoms with Crippen LogP contribution in [0.5, 0.6) is 0 Å². The molecule has 5 nitrogen and oxygen atoms in total. The van der Waals surface area contributed by atoms with E-state index in [2.05, 4.69) is 9.86 Å². The Labute approximate surface area is 67.3 Å². The zero-order valence-corrected chi connectivity index (χ0v) is 7.23. The Morgan fingerprint density at radius 3 is 2.27 bits per heavy atom. The minimum Gasteiger partial charge on any atom is -0.330 e. The summed E-state index contributed by atoms with van der Waals surface area (Å²) in [7, 11) is -3.49. The highest BCUT2D eigenvalue weighted by Crippen LogP contribution is 1.90. The maximum Gasteiger partial charge on any atom is 0.274 e. The molecule has 11 heavy (non-hydrogen) atoms. The molecular weight excluding hydrogens is 166 g/mol. The Balaban J connectivity index is 3.16. The summed E-state index contributed by atoms with van der Waals surface area (Å²) >= 11 is 0. The van der Waals surface area contributed by atoms with Gasteiger partial charge in [0.2, 0.25) is 0 Å². The standard InChI is InChI=1S/C5H15N3O2S/c6-4-2-1-3-5-8-11(7,9)10/h8H,1-6H2,(H2,7,9,10). The molecule has 0 aliphatic rings. The molecule has 0 spiro atoms. The second-order valence-corrected chi connectivity index (χ2v) is 3.67. The van der Waals surface area contributed by atoms with Gasteiger partial charge in [0.05, 0.1) is 0 Å². The average Bonchev–Trinajstić information content (AvgIpc) is 1.85. The normalized spacial score (nSPS) is 11.8. The predicted octanol–water partition coefficient (Wildman–Crippen LogP) is -1.09. The van der Waals surface area contributed by atoms with E-state index in [4.69, 9.17) is 5.73 Å². The van der Waals surface area contributed by atoms with Gasteiger partial charge in [-0.3, -0.25) is 0 Å². The summed E-state index contributed by atoms with van der Waals surface area (Å²) in [5.41, 5.74) is 5.23. The van der Waals surface area contributed by atoms with E-state index in [1.54, 1.807) is 0 Å². The van der Waals surface area contributed by atoms with E-state index in [-0.39, 0.29) is 0 Å². The fraction of sp³-hybridized carbons (Fsp3) is 1.00. The van der Waals surface area contributed by atoms with E-state index < -0.39 is 10.2 Å². The van der Waals surface area contributed by atoms with Gasteiger partial charge in [-0.25, -0.2) is 9.86 Å². The van der Waals surface area contributed by atoms with Gasteiger partial charge in [0.15, 0.2) is 0 Å². The van der Waals surface area contributed by atoms with Crippen LogP contribution in [0, 0.1) is 0 Å². The van der Waals surface area contributed by atoms with E-state index in [1.807, 2.05) is 0 Å². The van der Waals surface area contributed by atoms with E-state index in [1.165, 1.54) is 0 Å². The third kappa shape index (κ3) is 9.83. The largest absolute Gasteiger partial charge is 0.330 e. The molecular formula is C5H15N3O2S. The molecule has 68 valence electrons. The highest BCUT2D eigenvalue weighted by Gasteiger charge is 1.97. The SMILES string of the molecule is NCCCCCNS(N)(=O)=O. The number of rotatable bonds is 6. The molecule has 5 N–H and O–H groups in total. The van der Waals surface area contributed by atoms with Crippen LogP contribution in [0.1, 0.15) is 19.3 Å². The molecule has 0 aromatic carbocycles. The molecule has 0 saturated heterocycles. The van der Waals surface area contributed by atoms with Gasteiger partial charge in [-0.15, -0.1) is 0 Å². The lowest BCUT2D eigenvalue weighted by Gasteiger charge is -2.00. The Bertz CT molecular complexity index is 178. The minimum atomic E-state index is -3.49. The number of hydrogen-bond donors (Lipinski definition) is 3. The molecule has 0 saturated carbocycles. The van der Waals surface area contributed by atoms with Gasteiger partial charge in [-0.05, 0) is 19.4 Å². The molecule has 0 heterocycles. The third-order valence-corrected chi connectivity index (χ3v) is 1.79. The maximum atomic E-state index is 10.3. The maximum absolute atomic E-state index is 10.3. The lowest BCUT2D eigenvalue weighted by atomic mass is 10.2. The molecule has 0 atom stereocenters. The summed E-state index contributed by atoms with van der Waals surface area (Å²) in [6, 6.07) is 0. The molecule has 0 rings (SSSR count). The van der Waals surface area contributed by atoms with Crippen molar-refractivity contribution in [3.8, 4) is 0 Å². The van der Waals surface area contributed by atoms with E-state index in [9.17, 15) is 8.42 Å². The molecule has 0 bridgehead atoms. The molecule has 6 heteroatoms. The predicted molar refractivity (Wildman–Crippen MR) is 44.0 cm³/mol. The second kappa shape index (κ2) is 5.48. The van der Waals surface area contributed by atoms with Crippen molar-refractivity contribution in [1.29, 1.82) is 0 Å². The van der Waals surface area contributed by atoms with Crippen molar-refractivity contribution >= 4 is 10.2 Å². The van der Waals surface area contributed by atoms with Crippen LogP contribution in [0.4, 0.5) is 0 Å². The van der Waals surface area contributed by atoms with Gasteiger partial charge in [-0.2, -0.15) is 8.42 Å². The summed E-state index contributed by atoms with van der Waals surface area (Å²) in [4.78, 5) is 0. The fourth-order valence-corrected chi connectivity index (χ4v) is 1.09. The molecule has 0 aliphatic carbocycles. The topological polar surface area (TPSA) is 98.2 Å². The first-order chi connectivity index (χ1) is 5.06. The van der Waals surface area contributed by atoms with Crippen molar-refractivity contribution in [3.63, 3.8) is 0 Å². The number of nitrogens with two attached hydrogens (primary N) is 2. The molecule has 0 fully saturated rings. The fourth-order valence-electron chi connectivity index (χ4n) is 0.661. The quantitative estimate of drug-likeness (QED) is 0.454. The molecule has 0 amide bonds. The van der Waals surface area contributed by atoms with Crippen molar-refractivity contribution in [2.24, 2.45) is 10.9 Å². The third-order valence-electron chi connectivity index (χ3n) is 1.18. The van der Waals surface area contributed by atoms with Crippen LogP contribution in [0.15, 0.2) is 0 Å². The van der Waals surface area contributed by atoms with Crippen molar-refractivity contribution in [3.05, 3.63) is 0 Å². The first-order valence-corrected chi connectivity index (χ1v) is 5.08. The Hall–Kier alpha value is -0.170. The number of unbranched alkanes of at least 4 members (excludes halogenated alkanes) is 2. The molecule has 0 aliphatic heterocycles. The van der Waals surface area contributed by atoms with Crippen LogP contribution in [-0.2, 0) is 10.2 Å². The molecule has 0 aromatic rings. The first-order valence-electron chi connectivity index (χ1n) is 3.53. The molecule has 0 unspecified atom stereocenters. The Kier molecular flexibility index (Phi) is 5.39. The molecule has 0 radical (unpaired) electrons. The van der Waals surface area contributed by atoms with E-state index in [0.29, 0.717) is 13.1 Å². The summed E-state index contributed by atoms with van der Waals surface area (Å²) in [5, 5.41) is 4.69. The monoisotopic (exact) mass is 181 g/mol. The van der Waals surface area contributed by atoms with Gasteiger partial charge in [-0.1, -0.05) is 6.42 Å². The minimum absolute atomic E-state index is 0.402. The smallest absolute Gasteiger partial charge is 0.274 e. The number of nitrogens with one attached hydrogen (secondary N) is 1. The summed E-state index contributed by atoms with van der Waals surface area (Å²) in [5.74, 6) is 0. The van der Waals surface area contributed by atoms with Crippen molar-refractivity contribution < 1.29 is 8.42 Å². The Morgan fingerprint density at radius 1 is 1.18 bits per heavy atom. The first kappa shape index (κ1) is 10.8. The van der Waals surface area contributed by atoms with Crippen molar-refractivity contribution in [2.75, 3.05) is 13.1 Å². The van der Waals surface area contributed by atoms with E-state index in [0.717, 1.165) is 19.3 Å². The highest BCUT2D eigenvalue weighted by molar-refractivity contribution is 7.87. The average molecular weight is 181 g/mol. The summed E-state index contributed by atoms with van der Waals surface area (Å²) < 4.78 is 22.8. The van der Waals surface area contributed by atoms with Crippen LogP contribution in [-0.4, -0.2) is 21.5 Å². The number of hydrogen-bond acceptors (Lipinski definition) is 3. The van der Waals surface area contributed by atoms with Gasteiger partial charge < -0.3 is 5.73 Å². The van der Waals surface area contributed by atoms with Gasteiger partial charge in [0, 0.05) is 6.54 Å². The lowest BCUT2D eigenvalue weighted by molar-refractivity contribution is 0.576. The second-order valence-electron chi connectivity index (χ2n) is 2.29. The summed E-state index contributed by atoms with van der Waals surface area (Å²) in [6.45, 7) is 1.05. The van der Waals surface area contributed by atoms with Crippen molar-refractivity contribution in [1.82, 2.24) is 4.72 Å². The van der Waals surface area contributed by atoms with Crippen LogP contribution in [0.3, 0.4) is 0 Å². The zero-order chi connectivity index (χ0) is 8.74. The van der Waals surface area contributed by atoms with Gasteiger partial charge in [0.25, 0.3) is 10.2 Å². The highest BCUT2D eigenvalue weighted by atomic mass is 32.2. The molecule has 0 aromatic heterocycles. The van der Waals surface area contributed by atoms with Crippen LogP contribution in [0.2, 0.25) is 0 Å². The van der Waals surface area contributed by atoms with E-state index >= 15 is 0 Å². The Morgan fingerprint density at radius 2 is 1.82 bits per heavy atom. The zero-order valence-electron chi connectivity index (χ0n) is 6.41. The summed E-state index contributed by atoms with van der Waals surface area (Å²) in [6.07, 6.45) is 2.64. The van der Waals surface area contributed by atoms with Crippen LogP contribution in [0.25, 0.3) is 0 Å². The lowest BCUT2D eigenvalue weighted by Crippen LogP contribution is -2.31.